The first-order valence-electron chi connectivity index (χ1n) is 5.85. The number of aromatic nitrogens is 2. The zero-order valence-corrected chi connectivity index (χ0v) is 11.2. The lowest BCUT2D eigenvalue weighted by Crippen LogP contribution is -2.04. The molecular weight excluding hydrogens is 250 g/mol. The molecule has 2 aromatic rings. The van der Waals surface area contributed by atoms with Crippen LogP contribution in [-0.4, -0.2) is 9.78 Å². The van der Waals surface area contributed by atoms with Gasteiger partial charge in [0.05, 0.1) is 17.4 Å². The molecule has 0 fully saturated rings. The quantitative estimate of drug-likeness (QED) is 0.922. The first kappa shape index (κ1) is 12.9. The molecule has 0 aliphatic carbocycles. The van der Waals surface area contributed by atoms with Crippen LogP contribution < -0.4 is 10.5 Å². The van der Waals surface area contributed by atoms with E-state index in [2.05, 4.69) is 5.10 Å². The fourth-order valence-corrected chi connectivity index (χ4v) is 1.81. The number of nitrogens with zero attached hydrogens (tertiary/aromatic N) is 2. The van der Waals surface area contributed by atoms with Crippen LogP contribution in [0.5, 0.6) is 11.5 Å². The molecule has 0 amide bonds. The summed E-state index contributed by atoms with van der Waals surface area (Å²) in [5, 5.41) is 4.68. The van der Waals surface area contributed by atoms with Gasteiger partial charge in [0.15, 0.2) is 5.75 Å². The average molecular weight is 266 g/mol. The Bertz CT molecular complexity index is 537. The predicted octanol–water partition coefficient (Wildman–Crippen LogP) is 3.37. The van der Waals surface area contributed by atoms with Gasteiger partial charge in [-0.2, -0.15) is 5.10 Å². The average Bonchev–Trinajstić information content (AvgIpc) is 2.79. The third-order valence-corrected chi connectivity index (χ3v) is 2.94. The number of hydrogen-bond acceptors (Lipinski definition) is 3. The van der Waals surface area contributed by atoms with Gasteiger partial charge >= 0.3 is 0 Å². The molecule has 0 saturated heterocycles. The third kappa shape index (κ3) is 2.83. The molecule has 0 unspecified atom stereocenters. The van der Waals surface area contributed by atoms with Crippen LogP contribution in [0, 0.1) is 0 Å². The lowest BCUT2D eigenvalue weighted by atomic mass is 10.1. The third-order valence-electron chi connectivity index (χ3n) is 2.64. The van der Waals surface area contributed by atoms with Gasteiger partial charge in [0.1, 0.15) is 5.75 Å². The summed E-state index contributed by atoms with van der Waals surface area (Å²) in [5.41, 5.74) is 6.78. The molecule has 0 radical (unpaired) electrons. The second-order valence-electron chi connectivity index (χ2n) is 4.11. The zero-order chi connectivity index (χ0) is 13.1. The summed E-state index contributed by atoms with van der Waals surface area (Å²) >= 11 is 6.16. The molecule has 1 aromatic heterocycles. The summed E-state index contributed by atoms with van der Waals surface area (Å²) in [6.07, 6.45) is 3.50. The molecule has 2 rings (SSSR count). The van der Waals surface area contributed by atoms with Gasteiger partial charge in [-0.05, 0) is 31.5 Å². The summed E-state index contributed by atoms with van der Waals surface area (Å²) in [7, 11) is 0. The highest BCUT2D eigenvalue weighted by atomic mass is 35.5. The number of aryl methyl sites for hydroxylation is 1. The van der Waals surface area contributed by atoms with E-state index in [-0.39, 0.29) is 6.04 Å². The van der Waals surface area contributed by atoms with Crippen molar-refractivity contribution in [2.24, 2.45) is 5.73 Å². The van der Waals surface area contributed by atoms with Crippen molar-refractivity contribution in [3.63, 3.8) is 0 Å². The maximum Gasteiger partial charge on any atom is 0.165 e. The van der Waals surface area contributed by atoms with E-state index < -0.39 is 0 Å². The van der Waals surface area contributed by atoms with E-state index in [1.54, 1.807) is 10.9 Å². The Hall–Kier alpha value is -1.52. The minimum Gasteiger partial charge on any atom is -0.452 e. The van der Waals surface area contributed by atoms with Gasteiger partial charge in [-0.1, -0.05) is 17.7 Å². The molecule has 1 atom stereocenters. The normalized spacial score (nSPS) is 12.4. The van der Waals surface area contributed by atoms with Crippen molar-refractivity contribution in [2.75, 3.05) is 0 Å². The molecule has 1 aromatic carbocycles. The molecule has 18 heavy (non-hydrogen) atoms. The molecule has 0 aliphatic rings. The fourth-order valence-electron chi connectivity index (χ4n) is 1.58. The highest BCUT2D eigenvalue weighted by Gasteiger charge is 2.08. The maximum absolute atomic E-state index is 6.16. The van der Waals surface area contributed by atoms with Crippen LogP contribution in [0.2, 0.25) is 5.02 Å². The maximum atomic E-state index is 6.16. The van der Waals surface area contributed by atoms with Gasteiger partial charge in [-0.25, -0.2) is 0 Å². The Morgan fingerprint density at radius 1 is 1.50 bits per heavy atom. The molecule has 2 N–H and O–H groups in total. The molecule has 96 valence electrons. The first-order valence-corrected chi connectivity index (χ1v) is 6.23. The highest BCUT2D eigenvalue weighted by molar-refractivity contribution is 6.32. The van der Waals surface area contributed by atoms with Crippen LogP contribution in [0.4, 0.5) is 0 Å². The molecular formula is C13H16ClN3O. The molecule has 0 aliphatic heterocycles. The summed E-state index contributed by atoms with van der Waals surface area (Å²) in [6.45, 7) is 4.74. The molecule has 4 nitrogen and oxygen atoms in total. The van der Waals surface area contributed by atoms with Crippen molar-refractivity contribution in [3.05, 3.63) is 41.2 Å². The predicted molar refractivity (Wildman–Crippen MR) is 72.0 cm³/mol. The molecule has 5 heteroatoms. The van der Waals surface area contributed by atoms with Crippen molar-refractivity contribution in [2.45, 2.75) is 26.4 Å². The molecule has 0 spiro atoms. The Balaban J connectivity index is 2.19. The van der Waals surface area contributed by atoms with E-state index in [1.165, 1.54) is 0 Å². The van der Waals surface area contributed by atoms with Gasteiger partial charge in [-0.3, -0.25) is 4.68 Å². The Morgan fingerprint density at radius 2 is 2.28 bits per heavy atom. The van der Waals surface area contributed by atoms with Gasteiger partial charge < -0.3 is 10.5 Å². The van der Waals surface area contributed by atoms with Crippen LogP contribution in [0.15, 0.2) is 30.6 Å². The molecule has 1 heterocycles. The summed E-state index contributed by atoms with van der Waals surface area (Å²) in [5.74, 6) is 1.28. The van der Waals surface area contributed by atoms with Crippen molar-refractivity contribution in [3.8, 4) is 11.5 Å². The lowest BCUT2D eigenvalue weighted by molar-refractivity contribution is 0.481. The monoisotopic (exact) mass is 265 g/mol. The Kier molecular flexibility index (Phi) is 3.89. The second kappa shape index (κ2) is 5.42. The minimum absolute atomic E-state index is 0.0422. The number of halogens is 1. The summed E-state index contributed by atoms with van der Waals surface area (Å²) in [4.78, 5) is 0. The van der Waals surface area contributed by atoms with E-state index in [0.717, 1.165) is 12.1 Å². The summed E-state index contributed by atoms with van der Waals surface area (Å²) < 4.78 is 7.46. The van der Waals surface area contributed by atoms with E-state index in [1.807, 2.05) is 38.2 Å². The van der Waals surface area contributed by atoms with Crippen LogP contribution in [0.25, 0.3) is 0 Å². The number of rotatable bonds is 4. The van der Waals surface area contributed by atoms with Crippen molar-refractivity contribution in [1.29, 1.82) is 0 Å². The first-order chi connectivity index (χ1) is 8.60. The van der Waals surface area contributed by atoms with Crippen molar-refractivity contribution in [1.82, 2.24) is 9.78 Å². The van der Waals surface area contributed by atoms with Gasteiger partial charge in [0.2, 0.25) is 0 Å². The smallest absolute Gasteiger partial charge is 0.165 e. The SMILES string of the molecule is CCn1cc(Oc2ccc([C@@H](C)N)cc2Cl)cn1. The van der Waals surface area contributed by atoms with Crippen LogP contribution in [0.3, 0.4) is 0 Å². The zero-order valence-electron chi connectivity index (χ0n) is 10.4. The number of ether oxygens (including phenoxy) is 1. The van der Waals surface area contributed by atoms with Crippen molar-refractivity contribution < 1.29 is 4.74 Å². The fraction of sp³-hybridized carbons (Fsp3) is 0.308. The molecule has 0 bridgehead atoms. The lowest BCUT2D eigenvalue weighted by Gasteiger charge is -2.09. The molecule has 0 saturated carbocycles. The number of benzene rings is 1. The van der Waals surface area contributed by atoms with Gasteiger partial charge in [0.25, 0.3) is 0 Å². The minimum atomic E-state index is -0.0422. The number of nitrogens with two attached hydrogens (primary N) is 1. The van der Waals surface area contributed by atoms with Crippen LogP contribution in [0.1, 0.15) is 25.5 Å². The van der Waals surface area contributed by atoms with Crippen LogP contribution >= 0.6 is 11.6 Å². The topological polar surface area (TPSA) is 53.1 Å². The van der Waals surface area contributed by atoms with Crippen molar-refractivity contribution >= 4 is 11.6 Å². The van der Waals surface area contributed by atoms with E-state index in [4.69, 9.17) is 22.1 Å². The largest absolute Gasteiger partial charge is 0.452 e. The van der Waals surface area contributed by atoms with Gasteiger partial charge in [-0.15, -0.1) is 0 Å². The standard InChI is InChI=1S/C13H16ClN3O/c1-3-17-8-11(7-16-17)18-13-5-4-10(9(2)15)6-12(13)14/h4-9H,3,15H2,1-2H3/t9-/m1/s1. The Labute approximate surface area is 111 Å². The second-order valence-corrected chi connectivity index (χ2v) is 4.52. The van der Waals surface area contributed by atoms with Gasteiger partial charge in [0, 0.05) is 12.6 Å². The van der Waals surface area contributed by atoms with Crippen LogP contribution in [-0.2, 0) is 6.54 Å². The summed E-state index contributed by atoms with van der Waals surface area (Å²) in [6, 6.07) is 5.52. The highest BCUT2D eigenvalue weighted by Crippen LogP contribution is 2.31. The number of hydrogen-bond donors (Lipinski definition) is 1. The van der Waals surface area contributed by atoms with E-state index >= 15 is 0 Å². The van der Waals surface area contributed by atoms with E-state index in [9.17, 15) is 0 Å². The van der Waals surface area contributed by atoms with E-state index in [0.29, 0.717) is 16.5 Å². The Morgan fingerprint density at radius 3 is 2.83 bits per heavy atom.